The van der Waals surface area contributed by atoms with Crippen LogP contribution in [0.3, 0.4) is 0 Å². The molecule has 1 saturated heterocycles. The molecule has 4 heteroatoms. The minimum Gasteiger partial charge on any atom is -0.326 e. The quantitative estimate of drug-likeness (QED) is 0.750. The molecule has 3 atom stereocenters. The summed E-state index contributed by atoms with van der Waals surface area (Å²) in [6.07, 6.45) is 2.02. The summed E-state index contributed by atoms with van der Waals surface area (Å²) in [6.45, 7) is 3.20. The molecule has 1 aliphatic rings. The lowest BCUT2D eigenvalue weighted by molar-refractivity contribution is 0.112. The molecule has 3 nitrogen and oxygen atoms in total. The standard InChI is InChI=1S/C11H16N2OS/c1-7-4-5-13-11(10(7)12)9-3-2-8(6-14)15-9/h2-3,6-7,10-11,13H,4-5,12H2,1H3. The zero-order chi connectivity index (χ0) is 10.8. The van der Waals surface area contributed by atoms with E-state index in [0.29, 0.717) is 5.92 Å². The molecular weight excluding hydrogens is 208 g/mol. The average Bonchev–Trinajstić information content (AvgIpc) is 2.70. The molecule has 82 valence electrons. The third kappa shape index (κ3) is 2.12. The van der Waals surface area contributed by atoms with Crippen LogP contribution in [0.1, 0.15) is 33.9 Å². The monoisotopic (exact) mass is 224 g/mol. The van der Waals surface area contributed by atoms with Crippen LogP contribution in [0, 0.1) is 5.92 Å². The fraction of sp³-hybridized carbons (Fsp3) is 0.545. The van der Waals surface area contributed by atoms with Crippen molar-refractivity contribution in [2.45, 2.75) is 25.4 Å². The normalized spacial score (nSPS) is 31.5. The lowest BCUT2D eigenvalue weighted by Gasteiger charge is -2.34. The van der Waals surface area contributed by atoms with Crippen LogP contribution in [-0.4, -0.2) is 18.9 Å². The number of aldehydes is 1. The Morgan fingerprint density at radius 3 is 3.07 bits per heavy atom. The van der Waals surface area contributed by atoms with E-state index in [4.69, 9.17) is 5.73 Å². The van der Waals surface area contributed by atoms with E-state index in [2.05, 4.69) is 12.2 Å². The Balaban J connectivity index is 2.18. The number of carbonyl (C=O) groups is 1. The highest BCUT2D eigenvalue weighted by Gasteiger charge is 2.29. The SMILES string of the molecule is CC1CCNC(c2ccc(C=O)s2)C1N. The highest BCUT2D eigenvalue weighted by Crippen LogP contribution is 2.30. The predicted molar refractivity (Wildman–Crippen MR) is 62.2 cm³/mol. The van der Waals surface area contributed by atoms with Crippen LogP contribution in [0.2, 0.25) is 0 Å². The van der Waals surface area contributed by atoms with Gasteiger partial charge in [0.1, 0.15) is 0 Å². The first-order valence-corrected chi connectivity index (χ1v) is 6.08. The molecule has 0 amide bonds. The molecule has 0 aromatic carbocycles. The van der Waals surface area contributed by atoms with Crippen LogP contribution in [-0.2, 0) is 0 Å². The molecule has 0 saturated carbocycles. The summed E-state index contributed by atoms with van der Waals surface area (Å²) < 4.78 is 0. The molecule has 1 aromatic rings. The van der Waals surface area contributed by atoms with E-state index in [1.165, 1.54) is 16.2 Å². The summed E-state index contributed by atoms with van der Waals surface area (Å²) in [5.74, 6) is 0.540. The van der Waals surface area contributed by atoms with Gasteiger partial charge in [-0.15, -0.1) is 11.3 Å². The van der Waals surface area contributed by atoms with Gasteiger partial charge in [0, 0.05) is 10.9 Å². The van der Waals surface area contributed by atoms with Crippen LogP contribution in [0.5, 0.6) is 0 Å². The van der Waals surface area contributed by atoms with E-state index in [1.54, 1.807) is 0 Å². The highest BCUT2D eigenvalue weighted by atomic mass is 32.1. The third-order valence-electron chi connectivity index (χ3n) is 3.08. The lowest BCUT2D eigenvalue weighted by atomic mass is 9.88. The molecule has 1 fully saturated rings. The van der Waals surface area contributed by atoms with Crippen molar-refractivity contribution < 1.29 is 4.79 Å². The van der Waals surface area contributed by atoms with Crippen LogP contribution < -0.4 is 11.1 Å². The van der Waals surface area contributed by atoms with Gasteiger partial charge in [-0.05, 0) is 31.0 Å². The second kappa shape index (κ2) is 4.43. The van der Waals surface area contributed by atoms with Gasteiger partial charge in [0.2, 0.25) is 0 Å². The van der Waals surface area contributed by atoms with Gasteiger partial charge in [-0.3, -0.25) is 4.79 Å². The van der Waals surface area contributed by atoms with Gasteiger partial charge in [-0.25, -0.2) is 0 Å². The zero-order valence-corrected chi connectivity index (χ0v) is 9.59. The van der Waals surface area contributed by atoms with Gasteiger partial charge >= 0.3 is 0 Å². The fourth-order valence-corrected chi connectivity index (χ4v) is 2.97. The van der Waals surface area contributed by atoms with Crippen LogP contribution >= 0.6 is 11.3 Å². The Bertz CT molecular complexity index is 350. The second-order valence-electron chi connectivity index (χ2n) is 4.13. The largest absolute Gasteiger partial charge is 0.326 e. The summed E-state index contributed by atoms with van der Waals surface area (Å²) in [5.41, 5.74) is 6.16. The van der Waals surface area contributed by atoms with Gasteiger partial charge in [-0.2, -0.15) is 0 Å². The first-order chi connectivity index (χ1) is 7.22. The van der Waals surface area contributed by atoms with Gasteiger partial charge in [0.15, 0.2) is 6.29 Å². The van der Waals surface area contributed by atoms with E-state index >= 15 is 0 Å². The van der Waals surface area contributed by atoms with Crippen molar-refractivity contribution in [1.82, 2.24) is 5.32 Å². The number of thiophene rings is 1. The van der Waals surface area contributed by atoms with Crippen molar-refractivity contribution in [2.75, 3.05) is 6.54 Å². The van der Waals surface area contributed by atoms with E-state index in [0.717, 1.165) is 24.1 Å². The van der Waals surface area contributed by atoms with Crippen molar-refractivity contribution in [3.05, 3.63) is 21.9 Å². The summed E-state index contributed by atoms with van der Waals surface area (Å²) in [6, 6.07) is 4.23. The van der Waals surface area contributed by atoms with Gasteiger partial charge in [0.25, 0.3) is 0 Å². The summed E-state index contributed by atoms with van der Waals surface area (Å²) in [7, 11) is 0. The molecule has 15 heavy (non-hydrogen) atoms. The molecule has 0 spiro atoms. The Hall–Kier alpha value is -0.710. The number of hydrogen-bond acceptors (Lipinski definition) is 4. The maximum Gasteiger partial charge on any atom is 0.160 e. The maximum atomic E-state index is 10.6. The highest BCUT2D eigenvalue weighted by molar-refractivity contribution is 7.13. The number of hydrogen-bond donors (Lipinski definition) is 2. The van der Waals surface area contributed by atoms with E-state index < -0.39 is 0 Å². The smallest absolute Gasteiger partial charge is 0.160 e. The fourth-order valence-electron chi connectivity index (χ4n) is 2.01. The third-order valence-corrected chi connectivity index (χ3v) is 4.17. The molecule has 0 bridgehead atoms. The number of nitrogens with one attached hydrogen (secondary N) is 1. The summed E-state index contributed by atoms with van der Waals surface area (Å²) >= 11 is 1.53. The first-order valence-electron chi connectivity index (χ1n) is 5.26. The number of nitrogens with two attached hydrogens (primary N) is 1. The van der Waals surface area contributed by atoms with Crippen LogP contribution in [0.25, 0.3) is 0 Å². The molecule has 1 aliphatic heterocycles. The minimum atomic E-state index is 0.150. The topological polar surface area (TPSA) is 55.1 Å². The Kier molecular flexibility index (Phi) is 3.19. The number of piperidine rings is 1. The second-order valence-corrected chi connectivity index (χ2v) is 5.28. The minimum absolute atomic E-state index is 0.150. The van der Waals surface area contributed by atoms with Crippen molar-refractivity contribution >= 4 is 17.6 Å². The Morgan fingerprint density at radius 2 is 2.40 bits per heavy atom. The molecular formula is C11H16N2OS. The molecule has 1 aromatic heterocycles. The Morgan fingerprint density at radius 1 is 1.60 bits per heavy atom. The van der Waals surface area contributed by atoms with Crippen molar-refractivity contribution in [3.63, 3.8) is 0 Å². The maximum absolute atomic E-state index is 10.6. The molecule has 0 radical (unpaired) electrons. The van der Waals surface area contributed by atoms with E-state index in [1.807, 2.05) is 12.1 Å². The first kappa shape index (κ1) is 10.8. The zero-order valence-electron chi connectivity index (χ0n) is 8.77. The summed E-state index contributed by atoms with van der Waals surface area (Å²) in [5, 5.41) is 3.42. The van der Waals surface area contributed by atoms with Crippen LogP contribution in [0.15, 0.2) is 12.1 Å². The van der Waals surface area contributed by atoms with Crippen molar-refractivity contribution in [1.29, 1.82) is 0 Å². The molecule has 3 N–H and O–H groups in total. The number of rotatable bonds is 2. The van der Waals surface area contributed by atoms with Gasteiger partial charge in [-0.1, -0.05) is 6.92 Å². The average molecular weight is 224 g/mol. The van der Waals surface area contributed by atoms with E-state index in [9.17, 15) is 4.79 Å². The van der Waals surface area contributed by atoms with Gasteiger partial charge < -0.3 is 11.1 Å². The van der Waals surface area contributed by atoms with Gasteiger partial charge in [0.05, 0.1) is 10.9 Å². The lowest BCUT2D eigenvalue weighted by Crippen LogP contribution is -2.47. The molecule has 2 rings (SSSR count). The summed E-state index contributed by atoms with van der Waals surface area (Å²) in [4.78, 5) is 12.6. The van der Waals surface area contributed by atoms with Crippen molar-refractivity contribution in [2.24, 2.45) is 11.7 Å². The Labute approximate surface area is 93.7 Å². The predicted octanol–water partition coefficient (Wildman–Crippen LogP) is 1.56. The molecule has 3 unspecified atom stereocenters. The van der Waals surface area contributed by atoms with Crippen molar-refractivity contribution in [3.8, 4) is 0 Å². The van der Waals surface area contributed by atoms with E-state index in [-0.39, 0.29) is 12.1 Å². The number of carbonyl (C=O) groups excluding carboxylic acids is 1. The molecule has 0 aliphatic carbocycles. The van der Waals surface area contributed by atoms with Crippen LogP contribution in [0.4, 0.5) is 0 Å². The molecule has 2 heterocycles.